The van der Waals surface area contributed by atoms with E-state index in [-0.39, 0.29) is 5.82 Å². The number of aryl methyl sites for hydroxylation is 4. The molecule has 0 aliphatic rings. The van der Waals surface area contributed by atoms with E-state index in [9.17, 15) is 0 Å². The molecule has 8 heteroatoms. The predicted molar refractivity (Wildman–Crippen MR) is 129 cm³/mol. The largest absolute Gasteiger partial charge is 0.497 e. The number of hydrogen-bond acceptors (Lipinski definition) is 6. The van der Waals surface area contributed by atoms with Gasteiger partial charge >= 0.3 is 0 Å². The van der Waals surface area contributed by atoms with Crippen molar-refractivity contribution in [3.63, 3.8) is 0 Å². The molecule has 0 radical (unpaired) electrons. The fourth-order valence-corrected chi connectivity index (χ4v) is 3.82. The number of fused-ring (bicyclic) bond motifs is 1. The lowest BCUT2D eigenvalue weighted by atomic mass is 10.0. The standard InChI is InChI=1S/C26H23FN6O/c1-14-6-7-21(22(27)8-14)23-24-26(30-16(3)15(2)29-24)32-25(31-23)18-9-17(10-20(11-18)34-5)19-12-28-33(4)13-19/h6-13H,1-5H3. The van der Waals surface area contributed by atoms with Gasteiger partial charge in [-0.2, -0.15) is 5.10 Å². The lowest BCUT2D eigenvalue weighted by Crippen LogP contribution is -2.03. The second-order valence-corrected chi connectivity index (χ2v) is 8.30. The van der Waals surface area contributed by atoms with Crippen LogP contribution in [0.5, 0.6) is 5.75 Å². The maximum absolute atomic E-state index is 15.0. The zero-order valence-electron chi connectivity index (χ0n) is 19.6. The molecule has 2 aromatic carbocycles. The second kappa shape index (κ2) is 8.30. The van der Waals surface area contributed by atoms with Crippen molar-refractivity contribution in [2.45, 2.75) is 20.8 Å². The maximum atomic E-state index is 15.0. The Morgan fingerprint density at radius 1 is 0.853 bits per heavy atom. The highest BCUT2D eigenvalue weighted by Crippen LogP contribution is 2.33. The molecule has 0 fully saturated rings. The van der Waals surface area contributed by atoms with Crippen molar-refractivity contribution in [2.24, 2.45) is 7.05 Å². The average molecular weight is 455 g/mol. The smallest absolute Gasteiger partial charge is 0.182 e. The third-order valence-electron chi connectivity index (χ3n) is 5.76. The van der Waals surface area contributed by atoms with Gasteiger partial charge in [0.25, 0.3) is 0 Å². The minimum absolute atomic E-state index is 0.354. The van der Waals surface area contributed by atoms with E-state index >= 15 is 4.39 Å². The van der Waals surface area contributed by atoms with Crippen molar-refractivity contribution in [2.75, 3.05) is 7.11 Å². The van der Waals surface area contributed by atoms with Crippen molar-refractivity contribution >= 4 is 11.2 Å². The average Bonchev–Trinajstić information content (AvgIpc) is 3.25. The Morgan fingerprint density at radius 2 is 1.62 bits per heavy atom. The third-order valence-corrected chi connectivity index (χ3v) is 5.76. The van der Waals surface area contributed by atoms with E-state index in [0.29, 0.717) is 39.6 Å². The molecule has 5 rings (SSSR count). The first-order chi connectivity index (χ1) is 16.3. The normalized spacial score (nSPS) is 11.2. The van der Waals surface area contributed by atoms with E-state index in [1.165, 1.54) is 6.07 Å². The Kier molecular flexibility index (Phi) is 5.28. The van der Waals surface area contributed by atoms with Crippen molar-refractivity contribution in [3.8, 4) is 39.5 Å². The predicted octanol–water partition coefficient (Wildman–Crippen LogP) is 5.23. The monoisotopic (exact) mass is 454 g/mol. The van der Waals surface area contributed by atoms with Crippen LogP contribution in [-0.4, -0.2) is 36.8 Å². The molecule has 0 aliphatic heterocycles. The number of hydrogen-bond donors (Lipinski definition) is 0. The second-order valence-electron chi connectivity index (χ2n) is 8.30. The lowest BCUT2D eigenvalue weighted by Gasteiger charge is -2.12. The van der Waals surface area contributed by atoms with Gasteiger partial charge in [0.05, 0.1) is 24.7 Å². The van der Waals surface area contributed by atoms with E-state index in [1.54, 1.807) is 24.1 Å². The molecule has 0 N–H and O–H groups in total. The molecule has 0 unspecified atom stereocenters. The molecular weight excluding hydrogens is 431 g/mol. The van der Waals surface area contributed by atoms with E-state index in [0.717, 1.165) is 28.1 Å². The summed E-state index contributed by atoms with van der Waals surface area (Å²) >= 11 is 0. The highest BCUT2D eigenvalue weighted by atomic mass is 19.1. The van der Waals surface area contributed by atoms with Crippen molar-refractivity contribution < 1.29 is 9.13 Å². The molecule has 0 spiro atoms. The Hall–Kier alpha value is -4.20. The van der Waals surface area contributed by atoms with Gasteiger partial charge in [-0.3, -0.25) is 4.68 Å². The zero-order valence-corrected chi connectivity index (χ0v) is 19.6. The minimum Gasteiger partial charge on any atom is -0.497 e. The van der Waals surface area contributed by atoms with E-state index < -0.39 is 0 Å². The van der Waals surface area contributed by atoms with Crippen LogP contribution < -0.4 is 4.74 Å². The van der Waals surface area contributed by atoms with E-state index in [4.69, 9.17) is 14.7 Å². The summed E-state index contributed by atoms with van der Waals surface area (Å²) in [4.78, 5) is 18.8. The number of nitrogens with zero attached hydrogens (tertiary/aromatic N) is 6. The summed E-state index contributed by atoms with van der Waals surface area (Å²) in [5.74, 6) is 0.686. The van der Waals surface area contributed by atoms with Crippen LogP contribution in [0.3, 0.4) is 0 Å². The van der Waals surface area contributed by atoms with Gasteiger partial charge in [-0.25, -0.2) is 24.3 Å². The quantitative estimate of drug-likeness (QED) is 0.370. The summed E-state index contributed by atoms with van der Waals surface area (Å²) in [6.45, 7) is 5.59. The topological polar surface area (TPSA) is 78.6 Å². The molecule has 3 heterocycles. The highest BCUT2D eigenvalue weighted by molar-refractivity contribution is 5.89. The van der Waals surface area contributed by atoms with Crippen LogP contribution in [-0.2, 0) is 7.05 Å². The van der Waals surface area contributed by atoms with Crippen LogP contribution in [0.4, 0.5) is 4.39 Å². The van der Waals surface area contributed by atoms with Gasteiger partial charge in [0.15, 0.2) is 11.5 Å². The molecular formula is C26H23FN6O. The molecule has 170 valence electrons. The molecule has 0 amide bonds. The molecule has 0 saturated carbocycles. The Labute approximate surface area is 196 Å². The molecule has 0 aliphatic carbocycles. The Balaban J connectivity index is 1.79. The minimum atomic E-state index is -0.368. The summed E-state index contributed by atoms with van der Waals surface area (Å²) in [6.07, 6.45) is 3.70. The first kappa shape index (κ1) is 21.6. The number of rotatable bonds is 4. The van der Waals surface area contributed by atoms with Crippen LogP contribution >= 0.6 is 0 Å². The summed E-state index contributed by atoms with van der Waals surface area (Å²) in [7, 11) is 3.47. The third kappa shape index (κ3) is 3.87. The molecule has 0 saturated heterocycles. The molecule has 3 aromatic heterocycles. The van der Waals surface area contributed by atoms with Gasteiger partial charge in [0.1, 0.15) is 22.8 Å². The summed E-state index contributed by atoms with van der Waals surface area (Å²) in [6, 6.07) is 10.8. The maximum Gasteiger partial charge on any atom is 0.182 e. The summed E-state index contributed by atoms with van der Waals surface area (Å²) < 4.78 is 22.3. The van der Waals surface area contributed by atoms with Crippen molar-refractivity contribution in [1.29, 1.82) is 0 Å². The summed E-state index contributed by atoms with van der Waals surface area (Å²) in [5, 5.41) is 4.26. The number of benzene rings is 2. The van der Waals surface area contributed by atoms with Crippen molar-refractivity contribution in [3.05, 3.63) is 71.6 Å². The molecule has 34 heavy (non-hydrogen) atoms. The van der Waals surface area contributed by atoms with Crippen LogP contribution in [0.15, 0.2) is 48.8 Å². The van der Waals surface area contributed by atoms with Crippen LogP contribution in [0.1, 0.15) is 17.0 Å². The SMILES string of the molecule is COc1cc(-c2cnn(C)c2)cc(-c2nc(-c3ccc(C)cc3F)c3nc(C)c(C)nc3n2)c1. The number of halogens is 1. The van der Waals surface area contributed by atoms with Gasteiger partial charge in [-0.1, -0.05) is 6.07 Å². The molecule has 0 atom stereocenters. The van der Waals surface area contributed by atoms with E-state index in [1.807, 2.05) is 58.3 Å². The number of aromatic nitrogens is 6. The Bertz CT molecular complexity index is 1560. The van der Waals surface area contributed by atoms with Gasteiger partial charge in [-0.15, -0.1) is 0 Å². The lowest BCUT2D eigenvalue weighted by molar-refractivity contribution is 0.415. The van der Waals surface area contributed by atoms with Crippen molar-refractivity contribution in [1.82, 2.24) is 29.7 Å². The van der Waals surface area contributed by atoms with Gasteiger partial charge in [-0.05, 0) is 62.2 Å². The Morgan fingerprint density at radius 3 is 2.32 bits per heavy atom. The van der Waals surface area contributed by atoms with Gasteiger partial charge in [0, 0.05) is 29.9 Å². The summed E-state index contributed by atoms with van der Waals surface area (Å²) in [5.41, 5.74) is 6.51. The van der Waals surface area contributed by atoms with Crippen LogP contribution in [0.2, 0.25) is 0 Å². The number of ether oxygens (including phenoxy) is 1. The van der Waals surface area contributed by atoms with Crippen LogP contribution in [0.25, 0.3) is 44.9 Å². The molecule has 7 nitrogen and oxygen atoms in total. The fraction of sp³-hybridized carbons (Fsp3) is 0.192. The van der Waals surface area contributed by atoms with Gasteiger partial charge < -0.3 is 4.74 Å². The first-order valence-electron chi connectivity index (χ1n) is 10.8. The van der Waals surface area contributed by atoms with Crippen LogP contribution in [0, 0.1) is 26.6 Å². The van der Waals surface area contributed by atoms with Gasteiger partial charge in [0.2, 0.25) is 0 Å². The first-order valence-corrected chi connectivity index (χ1v) is 10.8. The fourth-order valence-electron chi connectivity index (χ4n) is 3.82. The molecule has 5 aromatic rings. The van der Waals surface area contributed by atoms with E-state index in [2.05, 4.69) is 15.1 Å². The molecule has 0 bridgehead atoms. The highest BCUT2D eigenvalue weighted by Gasteiger charge is 2.19. The number of methoxy groups -OCH3 is 1. The zero-order chi connectivity index (χ0) is 24.0.